The van der Waals surface area contributed by atoms with Crippen LogP contribution >= 0.6 is 0 Å². The van der Waals surface area contributed by atoms with E-state index in [-0.39, 0.29) is 11.3 Å². The summed E-state index contributed by atoms with van der Waals surface area (Å²) in [4.78, 5) is 10.5. The Morgan fingerprint density at radius 3 is 2.35 bits per heavy atom. The van der Waals surface area contributed by atoms with Crippen LogP contribution in [0.4, 0.5) is 4.39 Å². The van der Waals surface area contributed by atoms with Gasteiger partial charge in [-0.1, -0.05) is 6.92 Å². The van der Waals surface area contributed by atoms with E-state index in [1.165, 1.54) is 0 Å². The number of rotatable bonds is 5. The number of hydrogen-bond donors (Lipinski definition) is 2. The van der Waals surface area contributed by atoms with E-state index in [1.807, 2.05) is 4.72 Å². The van der Waals surface area contributed by atoms with Gasteiger partial charge in [-0.2, -0.15) is 4.72 Å². The van der Waals surface area contributed by atoms with E-state index in [0.29, 0.717) is 0 Å². The molecule has 0 spiro atoms. The lowest BCUT2D eigenvalue weighted by atomic mass is 10.2. The Bertz CT molecular complexity index is 498. The molecular weight excluding hydrogens is 249 g/mol. The Labute approximate surface area is 98.3 Å². The molecule has 0 aliphatic carbocycles. The molecule has 0 bridgehead atoms. The minimum atomic E-state index is -3.93. The number of benzene rings is 1. The fourth-order valence-electron chi connectivity index (χ4n) is 1.18. The van der Waals surface area contributed by atoms with Gasteiger partial charge in [-0.25, -0.2) is 12.8 Å². The molecule has 0 saturated carbocycles. The van der Waals surface area contributed by atoms with Crippen molar-refractivity contribution in [1.82, 2.24) is 4.72 Å². The maximum atomic E-state index is 12.6. The van der Waals surface area contributed by atoms with Crippen LogP contribution in [-0.2, 0) is 14.8 Å². The summed E-state index contributed by atoms with van der Waals surface area (Å²) in [5.41, 5.74) is 0. The number of hydrogen-bond acceptors (Lipinski definition) is 3. The Balaban J connectivity index is 2.96. The number of halogens is 1. The molecule has 7 heteroatoms. The number of nitrogens with one attached hydrogen (secondary N) is 1. The van der Waals surface area contributed by atoms with E-state index in [9.17, 15) is 17.6 Å². The van der Waals surface area contributed by atoms with E-state index in [4.69, 9.17) is 5.11 Å². The molecule has 0 aliphatic heterocycles. The van der Waals surface area contributed by atoms with E-state index in [2.05, 4.69) is 0 Å². The van der Waals surface area contributed by atoms with Crippen LogP contribution in [0.1, 0.15) is 13.3 Å². The van der Waals surface area contributed by atoms with Crippen molar-refractivity contribution in [1.29, 1.82) is 0 Å². The largest absolute Gasteiger partial charge is 0.480 e. The summed E-state index contributed by atoms with van der Waals surface area (Å²) in [6.45, 7) is 1.55. The molecule has 0 heterocycles. The van der Waals surface area contributed by atoms with Gasteiger partial charge in [0.15, 0.2) is 0 Å². The Morgan fingerprint density at radius 2 is 1.94 bits per heavy atom. The lowest BCUT2D eigenvalue weighted by Crippen LogP contribution is -2.40. The molecule has 0 amide bonds. The number of carbonyl (C=O) groups is 1. The smallest absolute Gasteiger partial charge is 0.321 e. The fourth-order valence-corrected chi connectivity index (χ4v) is 2.45. The molecule has 0 fully saturated rings. The van der Waals surface area contributed by atoms with Gasteiger partial charge in [-0.05, 0) is 30.7 Å². The van der Waals surface area contributed by atoms with Crippen LogP contribution in [0.3, 0.4) is 0 Å². The molecule has 2 N–H and O–H groups in total. The van der Waals surface area contributed by atoms with Crippen molar-refractivity contribution >= 4 is 16.0 Å². The molecule has 0 aromatic heterocycles. The lowest BCUT2D eigenvalue weighted by Gasteiger charge is -2.12. The van der Waals surface area contributed by atoms with Crippen LogP contribution in [0.15, 0.2) is 29.2 Å². The van der Waals surface area contributed by atoms with Crippen molar-refractivity contribution in [3.8, 4) is 0 Å². The van der Waals surface area contributed by atoms with E-state index < -0.39 is 27.9 Å². The van der Waals surface area contributed by atoms with Crippen molar-refractivity contribution in [2.75, 3.05) is 0 Å². The summed E-state index contributed by atoms with van der Waals surface area (Å²) in [6.07, 6.45) is 0.121. The highest BCUT2D eigenvalue weighted by Gasteiger charge is 2.23. The van der Waals surface area contributed by atoms with Crippen molar-refractivity contribution in [2.45, 2.75) is 24.3 Å². The quantitative estimate of drug-likeness (QED) is 0.827. The monoisotopic (exact) mass is 261 g/mol. The SMILES string of the molecule is CCC(NS(=O)(=O)c1ccc(F)cc1)C(=O)O. The Kier molecular flexibility index (Phi) is 4.19. The highest BCUT2D eigenvalue weighted by molar-refractivity contribution is 7.89. The van der Waals surface area contributed by atoms with Crippen LogP contribution in [0, 0.1) is 5.82 Å². The zero-order valence-corrected chi connectivity index (χ0v) is 9.87. The standard InChI is InChI=1S/C10H12FNO4S/c1-2-9(10(13)14)12-17(15,16)8-5-3-7(11)4-6-8/h3-6,9,12H,2H2,1H3,(H,13,14). The molecule has 1 aromatic carbocycles. The van der Waals surface area contributed by atoms with Gasteiger partial charge in [0.2, 0.25) is 10.0 Å². The number of sulfonamides is 1. The fraction of sp³-hybridized carbons (Fsp3) is 0.300. The van der Waals surface area contributed by atoms with Crippen molar-refractivity contribution in [3.05, 3.63) is 30.1 Å². The summed E-state index contributed by atoms with van der Waals surface area (Å²) in [5.74, 6) is -1.81. The summed E-state index contributed by atoms with van der Waals surface area (Å²) in [5, 5.41) is 8.74. The summed E-state index contributed by atoms with van der Waals surface area (Å²) < 4.78 is 38.1. The third kappa shape index (κ3) is 3.50. The number of carboxylic acid groups (broad SMARTS) is 1. The molecule has 17 heavy (non-hydrogen) atoms. The van der Waals surface area contributed by atoms with Crippen LogP contribution in [-0.4, -0.2) is 25.5 Å². The van der Waals surface area contributed by atoms with Gasteiger partial charge < -0.3 is 5.11 Å². The highest BCUT2D eigenvalue weighted by Crippen LogP contribution is 2.10. The summed E-state index contributed by atoms with van der Waals surface area (Å²) in [6, 6.07) is 2.95. The van der Waals surface area contributed by atoms with Crippen molar-refractivity contribution < 1.29 is 22.7 Å². The van der Waals surface area contributed by atoms with Crippen LogP contribution in [0.5, 0.6) is 0 Å². The molecule has 1 aromatic rings. The Hall–Kier alpha value is -1.47. The Morgan fingerprint density at radius 1 is 1.41 bits per heavy atom. The second-order valence-electron chi connectivity index (χ2n) is 3.37. The molecule has 1 atom stereocenters. The normalized spacial score (nSPS) is 13.3. The summed E-state index contributed by atoms with van der Waals surface area (Å²) in [7, 11) is -3.93. The third-order valence-corrected chi connectivity index (χ3v) is 3.62. The molecule has 94 valence electrons. The van der Waals surface area contributed by atoms with E-state index >= 15 is 0 Å². The molecular formula is C10H12FNO4S. The van der Waals surface area contributed by atoms with Crippen molar-refractivity contribution in [3.63, 3.8) is 0 Å². The van der Waals surface area contributed by atoms with Gasteiger partial charge in [-0.15, -0.1) is 0 Å². The summed E-state index contributed by atoms with van der Waals surface area (Å²) >= 11 is 0. The first-order chi connectivity index (χ1) is 7.86. The van der Waals surface area contributed by atoms with Gasteiger partial charge in [0, 0.05) is 0 Å². The second-order valence-corrected chi connectivity index (χ2v) is 5.09. The topological polar surface area (TPSA) is 83.5 Å². The van der Waals surface area contributed by atoms with Crippen molar-refractivity contribution in [2.24, 2.45) is 0 Å². The lowest BCUT2D eigenvalue weighted by molar-refractivity contribution is -0.139. The number of carboxylic acids is 1. The highest BCUT2D eigenvalue weighted by atomic mass is 32.2. The first-order valence-electron chi connectivity index (χ1n) is 4.87. The first-order valence-corrected chi connectivity index (χ1v) is 6.36. The number of aliphatic carboxylic acids is 1. The maximum Gasteiger partial charge on any atom is 0.321 e. The molecule has 0 aliphatic rings. The molecule has 5 nitrogen and oxygen atoms in total. The van der Waals surface area contributed by atoms with Crippen LogP contribution in [0.25, 0.3) is 0 Å². The first kappa shape index (κ1) is 13.6. The van der Waals surface area contributed by atoms with Gasteiger partial charge in [0.25, 0.3) is 0 Å². The van der Waals surface area contributed by atoms with Gasteiger partial charge in [-0.3, -0.25) is 4.79 Å². The van der Waals surface area contributed by atoms with Crippen LogP contribution in [0.2, 0.25) is 0 Å². The van der Waals surface area contributed by atoms with E-state index in [1.54, 1.807) is 6.92 Å². The predicted molar refractivity (Wildman–Crippen MR) is 58.4 cm³/mol. The zero-order chi connectivity index (χ0) is 13.1. The molecule has 1 unspecified atom stereocenters. The minimum absolute atomic E-state index is 0.121. The van der Waals surface area contributed by atoms with Gasteiger partial charge in [0.1, 0.15) is 11.9 Å². The molecule has 0 radical (unpaired) electrons. The minimum Gasteiger partial charge on any atom is -0.480 e. The predicted octanol–water partition coefficient (Wildman–Crippen LogP) is 0.967. The third-order valence-electron chi connectivity index (χ3n) is 2.13. The average molecular weight is 261 g/mol. The molecule has 0 saturated heterocycles. The van der Waals surface area contributed by atoms with Gasteiger partial charge in [0.05, 0.1) is 4.90 Å². The zero-order valence-electron chi connectivity index (χ0n) is 9.05. The second kappa shape index (κ2) is 5.24. The molecule has 1 rings (SSSR count). The van der Waals surface area contributed by atoms with Crippen LogP contribution < -0.4 is 4.72 Å². The van der Waals surface area contributed by atoms with Gasteiger partial charge >= 0.3 is 5.97 Å². The maximum absolute atomic E-state index is 12.6. The van der Waals surface area contributed by atoms with E-state index in [0.717, 1.165) is 24.3 Å². The average Bonchev–Trinajstić information content (AvgIpc) is 2.26.